The topological polar surface area (TPSA) is 49.8 Å². The lowest BCUT2D eigenvalue weighted by Crippen LogP contribution is -2.47. The lowest BCUT2D eigenvalue weighted by molar-refractivity contribution is -0.141. The summed E-state index contributed by atoms with van der Waals surface area (Å²) in [5.41, 5.74) is 0. The van der Waals surface area contributed by atoms with Gasteiger partial charge in [-0.3, -0.25) is 4.79 Å². The Kier molecular flexibility index (Phi) is 2.74. The highest BCUT2D eigenvalue weighted by Crippen LogP contribution is 2.39. The maximum absolute atomic E-state index is 11.8. The second kappa shape index (κ2) is 3.87. The van der Waals surface area contributed by atoms with Crippen molar-refractivity contribution in [3.63, 3.8) is 0 Å². The van der Waals surface area contributed by atoms with E-state index in [9.17, 15) is 4.79 Å². The van der Waals surface area contributed by atoms with E-state index in [0.29, 0.717) is 25.6 Å². The fourth-order valence-electron chi connectivity index (χ4n) is 1.93. The highest BCUT2D eigenvalue weighted by atomic mass is 16.5. The van der Waals surface area contributed by atoms with E-state index >= 15 is 0 Å². The van der Waals surface area contributed by atoms with Gasteiger partial charge >= 0.3 is 0 Å². The number of aliphatic hydroxyl groups excluding tert-OH is 1. The molecule has 1 N–H and O–H groups in total. The molecule has 3 atom stereocenters. The average Bonchev–Trinajstić information content (AvgIpc) is 2.94. The SMILES string of the molecule is CC1CC1C(=O)N1CCOC(CO)C1. The average molecular weight is 199 g/mol. The molecule has 0 aromatic rings. The number of aliphatic hydroxyl groups is 1. The fourth-order valence-corrected chi connectivity index (χ4v) is 1.93. The summed E-state index contributed by atoms with van der Waals surface area (Å²) in [6, 6.07) is 0. The van der Waals surface area contributed by atoms with E-state index in [0.717, 1.165) is 6.42 Å². The largest absolute Gasteiger partial charge is 0.394 e. The normalized spacial score (nSPS) is 37.0. The number of carbonyl (C=O) groups is 1. The van der Waals surface area contributed by atoms with E-state index in [4.69, 9.17) is 9.84 Å². The molecule has 1 amide bonds. The molecule has 1 aliphatic carbocycles. The van der Waals surface area contributed by atoms with E-state index < -0.39 is 0 Å². The first kappa shape index (κ1) is 9.93. The molecule has 3 unspecified atom stereocenters. The Morgan fingerprint density at radius 1 is 1.64 bits per heavy atom. The summed E-state index contributed by atoms with van der Waals surface area (Å²) in [5, 5.41) is 8.93. The number of nitrogens with zero attached hydrogens (tertiary/aromatic N) is 1. The van der Waals surface area contributed by atoms with Crippen LogP contribution in [0.4, 0.5) is 0 Å². The summed E-state index contributed by atoms with van der Waals surface area (Å²) >= 11 is 0. The molecule has 80 valence electrons. The van der Waals surface area contributed by atoms with Crippen molar-refractivity contribution in [2.24, 2.45) is 11.8 Å². The molecule has 0 spiro atoms. The minimum absolute atomic E-state index is 0.00397. The van der Waals surface area contributed by atoms with Crippen LogP contribution in [0.1, 0.15) is 13.3 Å². The summed E-state index contributed by atoms with van der Waals surface area (Å²) in [4.78, 5) is 13.7. The first-order valence-electron chi connectivity index (χ1n) is 5.23. The number of carbonyl (C=O) groups excluding carboxylic acids is 1. The number of rotatable bonds is 2. The first-order chi connectivity index (χ1) is 6.72. The molecule has 4 heteroatoms. The quantitative estimate of drug-likeness (QED) is 0.673. The Balaban J connectivity index is 1.87. The van der Waals surface area contributed by atoms with Gasteiger partial charge in [0.1, 0.15) is 0 Å². The molecule has 2 aliphatic rings. The van der Waals surface area contributed by atoms with Crippen LogP contribution in [0.2, 0.25) is 0 Å². The van der Waals surface area contributed by atoms with Gasteiger partial charge in [-0.15, -0.1) is 0 Å². The molecule has 2 fully saturated rings. The summed E-state index contributed by atoms with van der Waals surface area (Å²) in [7, 11) is 0. The Bertz CT molecular complexity index is 231. The molecular weight excluding hydrogens is 182 g/mol. The van der Waals surface area contributed by atoms with E-state index in [-0.39, 0.29) is 24.5 Å². The standard InChI is InChI=1S/C10H17NO3/c1-7-4-9(7)10(13)11-2-3-14-8(5-11)6-12/h7-9,12H,2-6H2,1H3. The van der Waals surface area contributed by atoms with Gasteiger partial charge in [0.15, 0.2) is 0 Å². The van der Waals surface area contributed by atoms with Crippen molar-refractivity contribution in [1.29, 1.82) is 0 Å². The third kappa shape index (κ3) is 1.91. The summed E-state index contributed by atoms with van der Waals surface area (Å²) in [5.74, 6) is 1.05. The van der Waals surface area contributed by atoms with Crippen LogP contribution in [0, 0.1) is 11.8 Å². The minimum Gasteiger partial charge on any atom is -0.394 e. The van der Waals surface area contributed by atoms with Gasteiger partial charge in [-0.05, 0) is 12.3 Å². The molecule has 4 nitrogen and oxygen atoms in total. The molecule has 0 aromatic carbocycles. The summed E-state index contributed by atoms with van der Waals surface area (Å²) in [6.45, 7) is 3.89. The van der Waals surface area contributed by atoms with Crippen molar-refractivity contribution in [2.45, 2.75) is 19.4 Å². The van der Waals surface area contributed by atoms with Gasteiger partial charge in [-0.1, -0.05) is 6.92 Å². The number of hydrogen-bond donors (Lipinski definition) is 1. The monoisotopic (exact) mass is 199 g/mol. The maximum Gasteiger partial charge on any atom is 0.226 e. The lowest BCUT2D eigenvalue weighted by Gasteiger charge is -2.32. The predicted molar refractivity (Wildman–Crippen MR) is 50.7 cm³/mol. The number of amides is 1. The van der Waals surface area contributed by atoms with Gasteiger partial charge in [0.05, 0.1) is 19.3 Å². The van der Waals surface area contributed by atoms with Crippen LogP contribution < -0.4 is 0 Å². The molecule has 1 heterocycles. The van der Waals surface area contributed by atoms with Gasteiger partial charge in [0, 0.05) is 19.0 Å². The molecule has 14 heavy (non-hydrogen) atoms. The van der Waals surface area contributed by atoms with Crippen molar-refractivity contribution in [2.75, 3.05) is 26.3 Å². The van der Waals surface area contributed by atoms with Gasteiger partial charge in [-0.2, -0.15) is 0 Å². The predicted octanol–water partition coefficient (Wildman–Crippen LogP) is -0.138. The molecule has 1 saturated heterocycles. The van der Waals surface area contributed by atoms with Gasteiger partial charge in [-0.25, -0.2) is 0 Å². The number of hydrogen-bond acceptors (Lipinski definition) is 3. The Hall–Kier alpha value is -0.610. The summed E-state index contributed by atoms with van der Waals surface area (Å²) < 4.78 is 5.29. The third-order valence-electron chi connectivity index (χ3n) is 3.08. The van der Waals surface area contributed by atoms with Crippen LogP contribution in [0.25, 0.3) is 0 Å². The Morgan fingerprint density at radius 3 is 2.93 bits per heavy atom. The van der Waals surface area contributed by atoms with Gasteiger partial charge < -0.3 is 14.7 Å². The number of ether oxygens (including phenoxy) is 1. The van der Waals surface area contributed by atoms with Crippen LogP contribution >= 0.6 is 0 Å². The molecular formula is C10H17NO3. The number of morpholine rings is 1. The Morgan fingerprint density at radius 2 is 2.36 bits per heavy atom. The van der Waals surface area contributed by atoms with Crippen LogP contribution in [0.15, 0.2) is 0 Å². The minimum atomic E-state index is -0.179. The zero-order valence-corrected chi connectivity index (χ0v) is 8.48. The fraction of sp³-hybridized carbons (Fsp3) is 0.900. The van der Waals surface area contributed by atoms with Crippen LogP contribution in [0.3, 0.4) is 0 Å². The molecule has 1 aliphatic heterocycles. The highest BCUT2D eigenvalue weighted by Gasteiger charge is 2.42. The zero-order chi connectivity index (χ0) is 10.1. The van der Waals surface area contributed by atoms with Crippen LogP contribution in [-0.4, -0.2) is 48.3 Å². The van der Waals surface area contributed by atoms with E-state index in [1.807, 2.05) is 4.90 Å². The molecule has 2 rings (SSSR count). The Labute approximate surface area is 83.8 Å². The lowest BCUT2D eigenvalue weighted by atomic mass is 10.2. The first-order valence-corrected chi connectivity index (χ1v) is 5.23. The van der Waals surface area contributed by atoms with Crippen LogP contribution in [-0.2, 0) is 9.53 Å². The molecule has 0 radical (unpaired) electrons. The van der Waals surface area contributed by atoms with Crippen LogP contribution in [0.5, 0.6) is 0 Å². The van der Waals surface area contributed by atoms with Crippen molar-refractivity contribution in [3.8, 4) is 0 Å². The summed E-state index contributed by atoms with van der Waals surface area (Å²) in [6.07, 6.45) is 0.849. The van der Waals surface area contributed by atoms with Crippen molar-refractivity contribution in [1.82, 2.24) is 4.90 Å². The second-order valence-corrected chi connectivity index (χ2v) is 4.28. The second-order valence-electron chi connectivity index (χ2n) is 4.28. The van der Waals surface area contributed by atoms with Crippen molar-refractivity contribution < 1.29 is 14.6 Å². The maximum atomic E-state index is 11.8. The van der Waals surface area contributed by atoms with Crippen molar-refractivity contribution in [3.05, 3.63) is 0 Å². The van der Waals surface area contributed by atoms with E-state index in [1.165, 1.54) is 0 Å². The van der Waals surface area contributed by atoms with Gasteiger partial charge in [0.25, 0.3) is 0 Å². The van der Waals surface area contributed by atoms with Crippen molar-refractivity contribution >= 4 is 5.91 Å². The molecule has 1 saturated carbocycles. The van der Waals surface area contributed by atoms with E-state index in [1.54, 1.807) is 0 Å². The van der Waals surface area contributed by atoms with Gasteiger partial charge in [0.2, 0.25) is 5.91 Å². The smallest absolute Gasteiger partial charge is 0.226 e. The van der Waals surface area contributed by atoms with E-state index in [2.05, 4.69) is 6.92 Å². The highest BCUT2D eigenvalue weighted by molar-refractivity contribution is 5.81. The third-order valence-corrected chi connectivity index (χ3v) is 3.08. The molecule has 0 aromatic heterocycles. The zero-order valence-electron chi connectivity index (χ0n) is 8.48. The molecule has 0 bridgehead atoms.